The number of fused-ring (bicyclic) bond motifs is 1. The van der Waals surface area contributed by atoms with Crippen LogP contribution in [0.5, 0.6) is 5.75 Å². The van der Waals surface area contributed by atoms with E-state index >= 15 is 0 Å². The van der Waals surface area contributed by atoms with Crippen LogP contribution in [0.15, 0.2) is 102 Å². The van der Waals surface area contributed by atoms with E-state index in [0.717, 1.165) is 10.5 Å². The molecule has 0 radical (unpaired) electrons. The highest BCUT2D eigenvalue weighted by Crippen LogP contribution is 2.42. The van der Waals surface area contributed by atoms with Gasteiger partial charge in [-0.1, -0.05) is 60.7 Å². The number of carbonyl (C=O) groups excluding carboxylic acids is 3. The number of benzene rings is 3. The average Bonchev–Trinajstić information content (AvgIpc) is 3.21. The van der Waals surface area contributed by atoms with Gasteiger partial charge in [-0.3, -0.25) is 24.6 Å². The van der Waals surface area contributed by atoms with Gasteiger partial charge in [-0.15, -0.1) is 0 Å². The number of nitrogens with one attached hydrogen (secondary N) is 1. The summed E-state index contributed by atoms with van der Waals surface area (Å²) in [4.78, 5) is 51.7. The Bertz CT molecular complexity index is 1580. The molecule has 208 valence electrons. The number of nitrogens with zero attached hydrogens (tertiary/aromatic N) is 2. The molecule has 0 aliphatic carbocycles. The lowest BCUT2D eigenvalue weighted by molar-refractivity contribution is -0.431. The third kappa shape index (κ3) is 5.31. The lowest BCUT2D eigenvalue weighted by atomic mass is 9.83. The van der Waals surface area contributed by atoms with Crippen LogP contribution < -0.4 is 10.1 Å². The van der Waals surface area contributed by atoms with E-state index in [1.165, 1.54) is 0 Å². The molecule has 2 heterocycles. The molecular weight excluding hydrogens is 526 g/mol. The van der Waals surface area contributed by atoms with Crippen LogP contribution in [0.3, 0.4) is 0 Å². The van der Waals surface area contributed by atoms with Gasteiger partial charge in [0.1, 0.15) is 24.9 Å². The van der Waals surface area contributed by atoms with Crippen molar-refractivity contribution < 1.29 is 28.8 Å². The summed E-state index contributed by atoms with van der Waals surface area (Å²) in [6, 6.07) is 22.8. The summed E-state index contributed by atoms with van der Waals surface area (Å²) in [6.07, 6.45) is 0. The van der Waals surface area contributed by atoms with Crippen molar-refractivity contribution in [2.75, 3.05) is 13.2 Å². The number of ether oxygens (including phenoxy) is 2. The summed E-state index contributed by atoms with van der Waals surface area (Å²) in [7, 11) is 0. The first-order valence-corrected chi connectivity index (χ1v) is 13.0. The Morgan fingerprint density at radius 3 is 2.17 bits per heavy atom. The molecule has 1 atom stereocenters. The molecule has 10 nitrogen and oxygen atoms in total. The first-order valence-electron chi connectivity index (χ1n) is 13.0. The fourth-order valence-corrected chi connectivity index (χ4v) is 5.13. The van der Waals surface area contributed by atoms with E-state index in [2.05, 4.69) is 5.32 Å². The van der Waals surface area contributed by atoms with E-state index in [1.807, 2.05) is 30.3 Å². The molecule has 0 saturated heterocycles. The van der Waals surface area contributed by atoms with Crippen LogP contribution in [0.1, 0.15) is 51.6 Å². The number of hydrogen-bond donors (Lipinski definition) is 1. The Hall–Kier alpha value is -5.25. The van der Waals surface area contributed by atoms with E-state index in [-0.39, 0.29) is 36.7 Å². The van der Waals surface area contributed by atoms with Gasteiger partial charge in [-0.05, 0) is 37.6 Å². The summed E-state index contributed by atoms with van der Waals surface area (Å²) in [6.45, 7) is 3.00. The Morgan fingerprint density at radius 1 is 0.902 bits per heavy atom. The minimum atomic E-state index is -1.09. The van der Waals surface area contributed by atoms with Gasteiger partial charge in [0.05, 0.1) is 33.9 Å². The summed E-state index contributed by atoms with van der Waals surface area (Å²) in [5.41, 5.74) is 2.44. The molecule has 2 aliphatic rings. The zero-order valence-electron chi connectivity index (χ0n) is 22.5. The van der Waals surface area contributed by atoms with Crippen molar-refractivity contribution in [3.05, 3.63) is 134 Å². The zero-order valence-corrected chi connectivity index (χ0v) is 22.5. The molecule has 41 heavy (non-hydrogen) atoms. The van der Waals surface area contributed by atoms with Gasteiger partial charge in [0.15, 0.2) is 0 Å². The molecule has 10 heteroatoms. The van der Waals surface area contributed by atoms with E-state index < -0.39 is 28.6 Å². The fourth-order valence-electron chi connectivity index (χ4n) is 5.13. The van der Waals surface area contributed by atoms with Gasteiger partial charge in [-0.25, -0.2) is 4.79 Å². The fraction of sp³-hybridized carbons (Fsp3) is 0.194. The summed E-state index contributed by atoms with van der Waals surface area (Å²) >= 11 is 0. The Labute approximate surface area is 236 Å². The molecule has 0 saturated carbocycles. The van der Waals surface area contributed by atoms with Crippen molar-refractivity contribution in [2.24, 2.45) is 0 Å². The molecule has 1 unspecified atom stereocenters. The molecule has 0 aromatic heterocycles. The van der Waals surface area contributed by atoms with Gasteiger partial charge < -0.3 is 14.8 Å². The number of para-hydroxylation sites is 1. The lowest BCUT2D eigenvalue weighted by Crippen LogP contribution is -2.35. The Morgan fingerprint density at radius 2 is 1.51 bits per heavy atom. The predicted octanol–water partition coefficient (Wildman–Crippen LogP) is 4.57. The van der Waals surface area contributed by atoms with Gasteiger partial charge in [0.25, 0.3) is 17.5 Å². The number of carbonyl (C=O) groups is 3. The summed E-state index contributed by atoms with van der Waals surface area (Å²) in [5.74, 6) is -2.44. The maximum Gasteiger partial charge on any atom is 0.337 e. The number of esters is 1. The maximum atomic E-state index is 13.5. The van der Waals surface area contributed by atoms with E-state index in [4.69, 9.17) is 9.47 Å². The number of dihydropyridines is 1. The molecule has 2 aliphatic heterocycles. The van der Waals surface area contributed by atoms with E-state index in [0.29, 0.717) is 28.1 Å². The normalized spacial score (nSPS) is 16.4. The van der Waals surface area contributed by atoms with Crippen LogP contribution >= 0.6 is 0 Å². The zero-order chi connectivity index (χ0) is 29.1. The van der Waals surface area contributed by atoms with Gasteiger partial charge in [-0.2, -0.15) is 0 Å². The molecule has 1 N–H and O–H groups in total. The second-order valence-corrected chi connectivity index (χ2v) is 9.62. The second-order valence-electron chi connectivity index (χ2n) is 9.62. The van der Waals surface area contributed by atoms with Crippen LogP contribution in [-0.4, -0.2) is 40.8 Å². The molecule has 0 spiro atoms. The van der Waals surface area contributed by atoms with Crippen LogP contribution in [0.4, 0.5) is 0 Å². The van der Waals surface area contributed by atoms with Crippen LogP contribution in [0.25, 0.3) is 0 Å². The van der Waals surface area contributed by atoms with Crippen LogP contribution in [-0.2, 0) is 16.1 Å². The van der Waals surface area contributed by atoms with Gasteiger partial charge >= 0.3 is 5.97 Å². The van der Waals surface area contributed by atoms with Gasteiger partial charge in [0.2, 0.25) is 0 Å². The second kappa shape index (κ2) is 11.5. The first kappa shape index (κ1) is 27.3. The lowest BCUT2D eigenvalue weighted by Gasteiger charge is -2.27. The monoisotopic (exact) mass is 553 g/mol. The number of hydrogen-bond acceptors (Lipinski definition) is 8. The Kier molecular flexibility index (Phi) is 7.64. The van der Waals surface area contributed by atoms with Crippen LogP contribution in [0, 0.1) is 10.1 Å². The molecule has 5 rings (SSSR count). The third-order valence-electron chi connectivity index (χ3n) is 7.04. The van der Waals surface area contributed by atoms with Crippen molar-refractivity contribution in [2.45, 2.75) is 26.4 Å². The number of amides is 2. The third-order valence-corrected chi connectivity index (χ3v) is 7.04. The molecule has 2 amide bonds. The number of imide groups is 1. The summed E-state index contributed by atoms with van der Waals surface area (Å²) < 4.78 is 11.6. The standard InChI is InChI=1S/C31H27N3O7/c1-19-26(31(37)40-17-16-33-29(35)22-12-6-7-13-23(22)30(33)36)27(28(34(38)39)20(2)32-19)24-14-8-9-15-25(24)41-18-21-10-4-3-5-11-21/h3-15,27,32H,16-18H2,1-2H3. The smallest absolute Gasteiger partial charge is 0.337 e. The molecule has 0 fully saturated rings. The predicted molar refractivity (Wildman–Crippen MR) is 148 cm³/mol. The molecule has 0 bridgehead atoms. The van der Waals surface area contributed by atoms with E-state index in [1.54, 1.807) is 62.4 Å². The van der Waals surface area contributed by atoms with E-state index in [9.17, 15) is 24.5 Å². The summed E-state index contributed by atoms with van der Waals surface area (Å²) in [5, 5.41) is 15.2. The minimum absolute atomic E-state index is 0.0421. The van der Waals surface area contributed by atoms with Crippen molar-refractivity contribution in [3.63, 3.8) is 0 Å². The van der Waals surface area contributed by atoms with Crippen LogP contribution in [0.2, 0.25) is 0 Å². The number of nitro groups is 1. The maximum absolute atomic E-state index is 13.5. The van der Waals surface area contributed by atoms with Crippen molar-refractivity contribution in [3.8, 4) is 5.75 Å². The highest BCUT2D eigenvalue weighted by atomic mass is 16.6. The average molecular weight is 554 g/mol. The van der Waals surface area contributed by atoms with Crippen molar-refractivity contribution >= 4 is 17.8 Å². The molecular formula is C31H27N3O7. The Balaban J connectivity index is 1.40. The van der Waals surface area contributed by atoms with Gasteiger partial charge in [0, 0.05) is 11.3 Å². The highest BCUT2D eigenvalue weighted by molar-refractivity contribution is 6.21. The molecule has 3 aromatic rings. The minimum Gasteiger partial charge on any atom is -0.489 e. The number of allylic oxidation sites excluding steroid dienone is 3. The quantitative estimate of drug-likeness (QED) is 0.177. The largest absolute Gasteiger partial charge is 0.489 e. The molecule has 3 aromatic carbocycles. The number of rotatable bonds is 9. The topological polar surface area (TPSA) is 128 Å². The highest BCUT2D eigenvalue weighted by Gasteiger charge is 2.42. The SMILES string of the molecule is CC1=C(C(=O)OCCN2C(=O)c3ccccc3C2=O)C(c2ccccc2OCc2ccccc2)C([N+](=O)[O-])=C(C)N1. The first-order chi connectivity index (χ1) is 19.8. The van der Waals surface area contributed by atoms with Crippen molar-refractivity contribution in [1.82, 2.24) is 10.2 Å². The van der Waals surface area contributed by atoms with Crippen molar-refractivity contribution in [1.29, 1.82) is 0 Å².